The number of ether oxygens (including phenoxy) is 1. The fourth-order valence-corrected chi connectivity index (χ4v) is 5.40. The van der Waals surface area contributed by atoms with Crippen molar-refractivity contribution in [3.8, 4) is 5.75 Å². The summed E-state index contributed by atoms with van der Waals surface area (Å²) >= 11 is 1.62. The molecule has 0 bridgehead atoms. The van der Waals surface area contributed by atoms with E-state index in [1.165, 1.54) is 5.69 Å². The molecule has 2 aromatic heterocycles. The first-order valence-corrected chi connectivity index (χ1v) is 14.8. The van der Waals surface area contributed by atoms with E-state index in [0.717, 1.165) is 59.9 Å². The zero-order valence-electron chi connectivity index (χ0n) is 24.1. The summed E-state index contributed by atoms with van der Waals surface area (Å²) in [6.45, 7) is 10.5. The number of rotatable bonds is 9. The maximum atomic E-state index is 12.5. The molecule has 2 aromatic carbocycles. The Kier molecular flexibility index (Phi) is 8.83. The summed E-state index contributed by atoms with van der Waals surface area (Å²) in [7, 11) is 1.69. The van der Waals surface area contributed by atoms with Gasteiger partial charge >= 0.3 is 0 Å². The second-order valence-electron chi connectivity index (χ2n) is 11.1. The fraction of sp³-hybridized carbons (Fsp3) is 0.344. The van der Waals surface area contributed by atoms with Crippen LogP contribution in [0, 0.1) is 0 Å². The van der Waals surface area contributed by atoms with Gasteiger partial charge in [-0.2, -0.15) is 0 Å². The van der Waals surface area contributed by atoms with E-state index in [4.69, 9.17) is 19.1 Å². The van der Waals surface area contributed by atoms with E-state index in [0.29, 0.717) is 17.9 Å². The molecule has 3 heterocycles. The molecule has 1 aliphatic heterocycles. The zero-order chi connectivity index (χ0) is 28.8. The Balaban J connectivity index is 1.22. The molecule has 4 aromatic rings. The number of furan rings is 1. The van der Waals surface area contributed by atoms with E-state index in [1.54, 1.807) is 25.1 Å². The lowest BCUT2D eigenvalue weighted by atomic mass is 9.92. The largest absolute Gasteiger partial charge is 0.497 e. The second-order valence-corrected chi connectivity index (χ2v) is 12.0. The van der Waals surface area contributed by atoms with Gasteiger partial charge in [0, 0.05) is 54.7 Å². The summed E-state index contributed by atoms with van der Waals surface area (Å²) in [5.41, 5.74) is 3.87. The lowest BCUT2D eigenvalue weighted by Crippen LogP contribution is -2.47. The van der Waals surface area contributed by atoms with E-state index in [2.05, 4.69) is 54.1 Å². The van der Waals surface area contributed by atoms with Crippen molar-refractivity contribution >= 4 is 29.2 Å². The number of benzene rings is 2. The minimum Gasteiger partial charge on any atom is -0.497 e. The van der Waals surface area contributed by atoms with Crippen LogP contribution in [-0.2, 0) is 17.7 Å². The van der Waals surface area contributed by atoms with E-state index in [-0.39, 0.29) is 11.3 Å². The van der Waals surface area contributed by atoms with Crippen molar-refractivity contribution in [2.24, 2.45) is 0 Å². The van der Waals surface area contributed by atoms with Crippen LogP contribution in [0.2, 0.25) is 0 Å². The van der Waals surface area contributed by atoms with Crippen molar-refractivity contribution in [1.29, 1.82) is 0 Å². The van der Waals surface area contributed by atoms with Gasteiger partial charge in [-0.25, -0.2) is 9.97 Å². The lowest BCUT2D eigenvalue weighted by Gasteiger charge is -2.37. The Bertz CT molecular complexity index is 1430. The van der Waals surface area contributed by atoms with Crippen LogP contribution in [0.25, 0.3) is 0 Å². The molecule has 1 fully saturated rings. The number of nitrogens with zero attached hydrogens (tertiary/aromatic N) is 4. The molecule has 0 saturated carbocycles. The van der Waals surface area contributed by atoms with Crippen LogP contribution in [0.1, 0.15) is 48.1 Å². The molecule has 1 aliphatic rings. The number of nitrogens with one attached hydrogen (secondary N) is 1. The zero-order valence-corrected chi connectivity index (χ0v) is 24.9. The molecule has 214 valence electrons. The number of piperazine rings is 1. The summed E-state index contributed by atoms with van der Waals surface area (Å²) in [5, 5.41) is 3.65. The normalized spacial score (nSPS) is 13.8. The van der Waals surface area contributed by atoms with E-state index >= 15 is 0 Å². The van der Waals surface area contributed by atoms with E-state index in [1.807, 2.05) is 48.5 Å². The van der Waals surface area contributed by atoms with Crippen molar-refractivity contribution < 1.29 is 13.9 Å². The van der Waals surface area contributed by atoms with Gasteiger partial charge in [-0.05, 0) is 54.1 Å². The maximum absolute atomic E-state index is 12.5. The maximum Gasteiger partial charge on any atom is 0.251 e. The molecule has 0 aliphatic carbocycles. The predicted molar refractivity (Wildman–Crippen MR) is 164 cm³/mol. The Morgan fingerprint density at radius 2 is 1.68 bits per heavy atom. The highest BCUT2D eigenvalue weighted by Gasteiger charge is 2.23. The van der Waals surface area contributed by atoms with Crippen LogP contribution in [0.4, 0.5) is 11.5 Å². The van der Waals surface area contributed by atoms with Gasteiger partial charge < -0.3 is 24.3 Å². The molecule has 0 radical (unpaired) electrons. The number of hydrogen-bond donors (Lipinski definition) is 1. The number of carbonyl (C=O) groups is 1. The summed E-state index contributed by atoms with van der Waals surface area (Å²) in [6, 6.07) is 21.7. The number of anilines is 2. The molecule has 0 spiro atoms. The monoisotopic (exact) mass is 571 g/mol. The van der Waals surface area contributed by atoms with Gasteiger partial charge in [0.1, 0.15) is 17.3 Å². The van der Waals surface area contributed by atoms with Crippen molar-refractivity contribution in [2.45, 2.75) is 43.6 Å². The van der Waals surface area contributed by atoms with Gasteiger partial charge in [0.05, 0.1) is 25.6 Å². The molecular formula is C32H37N5O3S. The molecule has 8 nitrogen and oxygen atoms in total. The summed E-state index contributed by atoms with van der Waals surface area (Å²) in [5.74, 6) is 3.16. The number of aromatic nitrogens is 2. The third-order valence-corrected chi connectivity index (χ3v) is 8.01. The Labute approximate surface area is 246 Å². The average Bonchev–Trinajstić information content (AvgIpc) is 3.52. The third kappa shape index (κ3) is 7.41. The predicted octanol–water partition coefficient (Wildman–Crippen LogP) is 5.92. The third-order valence-electron chi connectivity index (χ3n) is 7.09. The molecular weight excluding hydrogens is 534 g/mol. The van der Waals surface area contributed by atoms with Crippen molar-refractivity contribution in [3.63, 3.8) is 0 Å². The first-order valence-electron chi connectivity index (χ1n) is 13.8. The Morgan fingerprint density at radius 3 is 2.32 bits per heavy atom. The van der Waals surface area contributed by atoms with Crippen LogP contribution >= 0.6 is 11.8 Å². The number of carbonyl (C=O) groups excluding carboxylic acids is 1. The number of hydrogen-bond acceptors (Lipinski definition) is 8. The second kappa shape index (κ2) is 12.7. The van der Waals surface area contributed by atoms with Gasteiger partial charge in [-0.15, -0.1) is 0 Å². The number of amides is 1. The van der Waals surface area contributed by atoms with Crippen LogP contribution < -0.4 is 19.9 Å². The SMILES string of the molecule is COc1ccc(N2CCN(c3cc(C(C)(C)C)nc(SCc4ccc(C(=O)NCc5ccco5)cc4)n3)CC2)cc1. The topological polar surface area (TPSA) is 83.7 Å². The van der Waals surface area contributed by atoms with Crippen molar-refractivity contribution in [3.05, 3.63) is 95.6 Å². The highest BCUT2D eigenvalue weighted by Crippen LogP contribution is 2.29. The lowest BCUT2D eigenvalue weighted by molar-refractivity contribution is 0.0948. The van der Waals surface area contributed by atoms with Gasteiger partial charge in [0.15, 0.2) is 5.16 Å². The van der Waals surface area contributed by atoms with Gasteiger partial charge in [0.25, 0.3) is 5.91 Å². The highest BCUT2D eigenvalue weighted by atomic mass is 32.2. The average molecular weight is 572 g/mol. The molecule has 41 heavy (non-hydrogen) atoms. The van der Waals surface area contributed by atoms with Gasteiger partial charge in [-0.1, -0.05) is 44.7 Å². The molecule has 1 saturated heterocycles. The van der Waals surface area contributed by atoms with Crippen LogP contribution in [0.5, 0.6) is 5.75 Å². The number of methoxy groups -OCH3 is 1. The minimum atomic E-state index is -0.126. The fourth-order valence-electron chi connectivity index (χ4n) is 4.59. The highest BCUT2D eigenvalue weighted by molar-refractivity contribution is 7.98. The van der Waals surface area contributed by atoms with E-state index < -0.39 is 0 Å². The Morgan fingerprint density at radius 1 is 0.976 bits per heavy atom. The molecule has 0 atom stereocenters. The molecule has 9 heteroatoms. The first kappa shape index (κ1) is 28.5. The summed E-state index contributed by atoms with van der Waals surface area (Å²) < 4.78 is 10.6. The standard InChI is InChI=1S/C32H37N5O3S/c1-32(2,3)28-20-29(37-17-15-36(16-18-37)25-11-13-26(39-4)14-12-25)35-31(34-28)41-22-23-7-9-24(10-8-23)30(38)33-21-27-6-5-19-40-27/h5-14,19-20H,15-18,21-22H2,1-4H3,(H,33,38). The summed E-state index contributed by atoms with van der Waals surface area (Å²) in [4.78, 5) is 27.1. The van der Waals surface area contributed by atoms with Crippen LogP contribution in [0.15, 0.2) is 82.6 Å². The molecule has 1 N–H and O–H groups in total. The number of thioether (sulfide) groups is 1. The minimum absolute atomic E-state index is 0.0947. The first-order chi connectivity index (χ1) is 19.8. The quantitative estimate of drug-likeness (QED) is 0.196. The molecule has 5 rings (SSSR count). The molecule has 0 unspecified atom stereocenters. The van der Waals surface area contributed by atoms with Crippen molar-refractivity contribution in [2.75, 3.05) is 43.1 Å². The van der Waals surface area contributed by atoms with Crippen LogP contribution in [-0.4, -0.2) is 49.2 Å². The van der Waals surface area contributed by atoms with Crippen LogP contribution in [0.3, 0.4) is 0 Å². The van der Waals surface area contributed by atoms with E-state index in [9.17, 15) is 4.79 Å². The van der Waals surface area contributed by atoms with Gasteiger partial charge in [0.2, 0.25) is 0 Å². The smallest absolute Gasteiger partial charge is 0.251 e. The molecule has 1 amide bonds. The van der Waals surface area contributed by atoms with Crippen molar-refractivity contribution in [1.82, 2.24) is 15.3 Å². The summed E-state index contributed by atoms with van der Waals surface area (Å²) in [6.07, 6.45) is 1.60. The Hall–Kier alpha value is -3.98. The van der Waals surface area contributed by atoms with Gasteiger partial charge in [-0.3, -0.25) is 4.79 Å².